The molecule has 0 spiro atoms. The van der Waals surface area contributed by atoms with Crippen molar-refractivity contribution < 1.29 is 13.2 Å². The highest BCUT2D eigenvalue weighted by Crippen LogP contribution is 2.27. The topological polar surface area (TPSA) is 66.5 Å². The van der Waals surface area contributed by atoms with E-state index in [1.165, 1.54) is 36.4 Å². The first-order valence-corrected chi connectivity index (χ1v) is 12.8. The molecule has 8 heteroatoms. The Bertz CT molecular complexity index is 707. The summed E-state index contributed by atoms with van der Waals surface area (Å²) >= 11 is 7.92. The highest BCUT2D eigenvalue weighted by Gasteiger charge is 2.18. The molecular weight excluding hydrogens is 404 g/mol. The maximum absolute atomic E-state index is 12.1. The number of hydrogen-bond donors (Lipinski definition) is 1. The summed E-state index contributed by atoms with van der Waals surface area (Å²) < 4.78 is 25.4. The van der Waals surface area contributed by atoms with Crippen molar-refractivity contribution in [3.63, 3.8) is 0 Å². The lowest BCUT2D eigenvalue weighted by Gasteiger charge is -2.22. The number of anilines is 1. The largest absolute Gasteiger partial charge is 0.355 e. The van der Waals surface area contributed by atoms with Gasteiger partial charge in [0.25, 0.3) is 0 Å². The van der Waals surface area contributed by atoms with Crippen molar-refractivity contribution in [1.29, 1.82) is 0 Å². The predicted molar refractivity (Wildman–Crippen MR) is 115 cm³/mol. The first-order chi connectivity index (χ1) is 12.9. The van der Waals surface area contributed by atoms with Crippen LogP contribution in [0.5, 0.6) is 0 Å². The first kappa shape index (κ1) is 22.4. The Morgan fingerprint density at radius 1 is 1.30 bits per heavy atom. The van der Waals surface area contributed by atoms with Gasteiger partial charge in [-0.1, -0.05) is 36.9 Å². The zero-order valence-corrected chi connectivity index (χ0v) is 18.2. The summed E-state index contributed by atoms with van der Waals surface area (Å²) in [6.45, 7) is 0.924. The molecule has 152 valence electrons. The molecule has 0 saturated heterocycles. The second-order valence-electron chi connectivity index (χ2n) is 6.90. The van der Waals surface area contributed by atoms with Gasteiger partial charge in [-0.3, -0.25) is 9.10 Å². The molecule has 1 aliphatic rings. The van der Waals surface area contributed by atoms with E-state index in [9.17, 15) is 13.2 Å². The van der Waals surface area contributed by atoms with E-state index in [0.717, 1.165) is 17.3 Å². The van der Waals surface area contributed by atoms with Gasteiger partial charge in [0.05, 0.1) is 11.9 Å². The van der Waals surface area contributed by atoms with E-state index in [0.29, 0.717) is 30.1 Å². The van der Waals surface area contributed by atoms with Crippen molar-refractivity contribution in [2.75, 3.05) is 29.4 Å². The van der Waals surface area contributed by atoms with Crippen LogP contribution in [-0.2, 0) is 14.8 Å². The zero-order valence-electron chi connectivity index (χ0n) is 15.8. The summed E-state index contributed by atoms with van der Waals surface area (Å²) in [4.78, 5) is 12.0. The summed E-state index contributed by atoms with van der Waals surface area (Å²) in [6, 6.07) is 6.73. The number of benzene rings is 1. The van der Waals surface area contributed by atoms with E-state index in [1.807, 2.05) is 11.8 Å². The van der Waals surface area contributed by atoms with Crippen LogP contribution >= 0.6 is 23.4 Å². The lowest BCUT2D eigenvalue weighted by molar-refractivity contribution is -0.121. The van der Waals surface area contributed by atoms with Crippen LogP contribution in [0.15, 0.2) is 24.3 Å². The van der Waals surface area contributed by atoms with Gasteiger partial charge in [0.1, 0.15) is 0 Å². The van der Waals surface area contributed by atoms with Gasteiger partial charge < -0.3 is 5.32 Å². The van der Waals surface area contributed by atoms with Crippen LogP contribution in [0.3, 0.4) is 0 Å². The van der Waals surface area contributed by atoms with Crippen molar-refractivity contribution in [2.24, 2.45) is 0 Å². The number of carbonyl (C=O) groups is 1. The van der Waals surface area contributed by atoms with Crippen LogP contribution in [0.25, 0.3) is 0 Å². The predicted octanol–water partition coefficient (Wildman–Crippen LogP) is 4.07. The summed E-state index contributed by atoms with van der Waals surface area (Å²) in [5.41, 5.74) is 0.522. The van der Waals surface area contributed by atoms with Crippen molar-refractivity contribution >= 4 is 45.0 Å². The highest BCUT2D eigenvalue weighted by molar-refractivity contribution is 7.99. The number of amides is 1. The van der Waals surface area contributed by atoms with E-state index in [2.05, 4.69) is 5.32 Å². The molecular formula is C19H29ClN2O3S2. The standard InChI is InChI=1S/C19H29ClN2O3S2/c1-27(24,25)22(17-8-5-7-16(20)15-17)13-6-11-19(23)21-12-14-26-18-9-3-2-4-10-18/h5,7-8,15,18H,2-4,6,9-14H2,1H3,(H,21,23). The number of hydrogen-bond acceptors (Lipinski definition) is 4. The Labute approximate surface area is 172 Å². The third-order valence-corrected chi connectivity index (χ3v) is 7.40. The van der Waals surface area contributed by atoms with Gasteiger partial charge >= 0.3 is 0 Å². The van der Waals surface area contributed by atoms with E-state index in [1.54, 1.807) is 24.3 Å². The summed E-state index contributed by atoms with van der Waals surface area (Å²) in [7, 11) is -3.43. The zero-order chi connectivity index (χ0) is 19.7. The van der Waals surface area contributed by atoms with Crippen LogP contribution in [0.4, 0.5) is 5.69 Å². The fourth-order valence-corrected chi connectivity index (χ4v) is 5.60. The van der Waals surface area contributed by atoms with Crippen molar-refractivity contribution in [3.05, 3.63) is 29.3 Å². The molecule has 0 aromatic heterocycles. The molecule has 1 aromatic rings. The molecule has 5 nitrogen and oxygen atoms in total. The third kappa shape index (κ3) is 8.32. The molecule has 1 N–H and O–H groups in total. The third-order valence-electron chi connectivity index (χ3n) is 4.59. The van der Waals surface area contributed by atoms with Crippen LogP contribution < -0.4 is 9.62 Å². The van der Waals surface area contributed by atoms with E-state index in [-0.39, 0.29) is 12.5 Å². The average molecular weight is 433 g/mol. The fourth-order valence-electron chi connectivity index (χ4n) is 3.24. The molecule has 2 rings (SSSR count). The van der Waals surface area contributed by atoms with E-state index >= 15 is 0 Å². The maximum Gasteiger partial charge on any atom is 0.232 e. The minimum atomic E-state index is -3.43. The van der Waals surface area contributed by atoms with Crippen LogP contribution in [0.1, 0.15) is 44.9 Å². The Morgan fingerprint density at radius 3 is 2.70 bits per heavy atom. The molecule has 0 aliphatic heterocycles. The van der Waals surface area contributed by atoms with Gasteiger partial charge in [-0.15, -0.1) is 0 Å². The van der Waals surface area contributed by atoms with Crippen molar-refractivity contribution in [3.8, 4) is 0 Å². The molecule has 0 unspecified atom stereocenters. The Hall–Kier alpha value is -0.920. The second-order valence-corrected chi connectivity index (χ2v) is 10.7. The SMILES string of the molecule is CS(=O)(=O)N(CCCC(=O)NCCSC1CCCCC1)c1cccc(Cl)c1. The quantitative estimate of drug-likeness (QED) is 0.566. The summed E-state index contributed by atoms with van der Waals surface area (Å²) in [5.74, 6) is 0.910. The molecule has 0 atom stereocenters. The smallest absolute Gasteiger partial charge is 0.232 e. The number of thioether (sulfide) groups is 1. The lowest BCUT2D eigenvalue weighted by atomic mass is 10.0. The molecule has 1 amide bonds. The number of halogens is 1. The normalized spacial score (nSPS) is 15.5. The van der Waals surface area contributed by atoms with E-state index in [4.69, 9.17) is 11.6 Å². The summed E-state index contributed by atoms with van der Waals surface area (Å²) in [6.07, 6.45) is 8.53. The molecule has 1 aliphatic carbocycles. The van der Waals surface area contributed by atoms with Gasteiger partial charge in [-0.2, -0.15) is 11.8 Å². The molecule has 1 fully saturated rings. The minimum Gasteiger partial charge on any atom is -0.355 e. The van der Waals surface area contributed by atoms with Gasteiger partial charge in [0.15, 0.2) is 0 Å². The monoisotopic (exact) mass is 432 g/mol. The average Bonchev–Trinajstić information content (AvgIpc) is 2.62. The Morgan fingerprint density at radius 2 is 2.04 bits per heavy atom. The molecule has 1 saturated carbocycles. The number of nitrogens with one attached hydrogen (secondary N) is 1. The van der Waals surface area contributed by atoms with Gasteiger partial charge in [-0.05, 0) is 37.5 Å². The molecule has 1 aromatic carbocycles. The van der Waals surface area contributed by atoms with Crippen LogP contribution in [0.2, 0.25) is 5.02 Å². The minimum absolute atomic E-state index is 0.0289. The number of carbonyl (C=O) groups excluding carboxylic acids is 1. The fraction of sp³-hybridized carbons (Fsp3) is 0.632. The summed E-state index contributed by atoms with van der Waals surface area (Å²) in [5, 5.41) is 4.16. The van der Waals surface area contributed by atoms with Gasteiger partial charge in [0, 0.05) is 35.5 Å². The van der Waals surface area contributed by atoms with Gasteiger partial charge in [0.2, 0.25) is 15.9 Å². The number of sulfonamides is 1. The van der Waals surface area contributed by atoms with Gasteiger partial charge in [-0.25, -0.2) is 8.42 Å². The lowest BCUT2D eigenvalue weighted by Crippen LogP contribution is -2.32. The first-order valence-electron chi connectivity index (χ1n) is 9.48. The van der Waals surface area contributed by atoms with Crippen molar-refractivity contribution in [2.45, 2.75) is 50.2 Å². The highest BCUT2D eigenvalue weighted by atomic mass is 35.5. The maximum atomic E-state index is 12.1. The molecule has 0 radical (unpaired) electrons. The molecule has 0 bridgehead atoms. The number of rotatable bonds is 10. The Balaban J connectivity index is 1.70. The molecule has 0 heterocycles. The number of nitrogens with zero attached hydrogens (tertiary/aromatic N) is 1. The van der Waals surface area contributed by atoms with Crippen molar-refractivity contribution in [1.82, 2.24) is 5.32 Å². The Kier molecular flexibility index (Phi) is 9.26. The molecule has 27 heavy (non-hydrogen) atoms. The van der Waals surface area contributed by atoms with Crippen LogP contribution in [0, 0.1) is 0 Å². The van der Waals surface area contributed by atoms with Crippen LogP contribution in [-0.4, -0.2) is 44.7 Å². The second kappa shape index (κ2) is 11.2. The van der Waals surface area contributed by atoms with E-state index < -0.39 is 10.0 Å².